The quantitative estimate of drug-likeness (QED) is 0.124. The van der Waals surface area contributed by atoms with Gasteiger partial charge in [-0.2, -0.15) is 0 Å². The number of benzene rings is 6. The van der Waals surface area contributed by atoms with Crippen molar-refractivity contribution in [3.8, 4) is 34.5 Å². The fourth-order valence-electron chi connectivity index (χ4n) is 4.61. The van der Waals surface area contributed by atoms with Crippen molar-refractivity contribution in [1.82, 2.24) is 9.21 Å². The average Bonchev–Trinajstić information content (AvgIpc) is 3.14. The zero-order chi connectivity index (χ0) is 33.4. The van der Waals surface area contributed by atoms with Gasteiger partial charge in [0.15, 0.2) is 0 Å². The minimum atomic E-state index is -4.83. The molecule has 0 radical (unpaired) electrons. The van der Waals surface area contributed by atoms with Crippen LogP contribution in [0.4, 0.5) is 0 Å². The molecule has 1 aliphatic heterocycles. The molecule has 10 nitrogen and oxygen atoms in total. The van der Waals surface area contributed by atoms with E-state index >= 15 is 0 Å². The second-order valence-corrected chi connectivity index (χ2v) is 16.8. The van der Waals surface area contributed by atoms with E-state index in [0.717, 1.165) is 0 Å². The molecule has 0 spiro atoms. The summed E-state index contributed by atoms with van der Waals surface area (Å²) >= 11 is 0. The summed E-state index contributed by atoms with van der Waals surface area (Å²) in [5.74, 6) is 2.43. The molecule has 1 atom stereocenters. The predicted molar refractivity (Wildman–Crippen MR) is 193 cm³/mol. The SMILES string of the molecule is O[PH]1(Oc2ccccc2)N(Oc2ccccc2)P(Oc2ccccc2)N=P(Oc2ccccc2)(Oc2ccccc2)N1Oc1ccccc1. The molecule has 6 aromatic rings. The first kappa shape index (κ1) is 32.6. The van der Waals surface area contributed by atoms with Crippen LogP contribution in [0.25, 0.3) is 0 Å². The molecule has 1 heterocycles. The first-order chi connectivity index (χ1) is 24.1. The number of nitrogens with zero attached hydrogens (tertiary/aromatic N) is 3. The van der Waals surface area contributed by atoms with Gasteiger partial charge in [-0.3, -0.25) is 0 Å². The summed E-state index contributed by atoms with van der Waals surface area (Å²) < 4.78 is 34.5. The maximum absolute atomic E-state index is 13.4. The van der Waals surface area contributed by atoms with E-state index in [2.05, 4.69) is 0 Å². The molecule has 13 heteroatoms. The third kappa shape index (κ3) is 7.72. The van der Waals surface area contributed by atoms with Crippen LogP contribution in [0.2, 0.25) is 0 Å². The molecule has 0 fully saturated rings. The zero-order valence-electron chi connectivity index (χ0n) is 26.0. The van der Waals surface area contributed by atoms with Crippen molar-refractivity contribution in [2.75, 3.05) is 0 Å². The van der Waals surface area contributed by atoms with Crippen molar-refractivity contribution in [3.63, 3.8) is 0 Å². The summed E-state index contributed by atoms with van der Waals surface area (Å²) in [6, 6.07) is 54.3. The van der Waals surface area contributed by atoms with Crippen LogP contribution < -0.4 is 27.8 Å². The Kier molecular flexibility index (Phi) is 10.1. The van der Waals surface area contributed by atoms with Crippen LogP contribution in [-0.2, 0) is 0 Å². The minimum absolute atomic E-state index is 0.342. The molecule has 0 aliphatic carbocycles. The van der Waals surface area contributed by atoms with E-state index in [9.17, 15) is 4.89 Å². The van der Waals surface area contributed by atoms with Gasteiger partial charge in [0.1, 0.15) is 0 Å². The van der Waals surface area contributed by atoms with E-state index in [1.807, 2.05) is 97.1 Å². The molecule has 1 aliphatic rings. The molecule has 6 aromatic carbocycles. The van der Waals surface area contributed by atoms with Crippen LogP contribution in [-0.4, -0.2) is 14.1 Å². The summed E-state index contributed by atoms with van der Waals surface area (Å²) in [4.78, 5) is 26.5. The van der Waals surface area contributed by atoms with Gasteiger partial charge < -0.3 is 0 Å². The number of hydrogen-bond acceptors (Lipinski definition) is 10. The Bertz CT molecular complexity index is 1930. The Morgan fingerprint density at radius 1 is 0.469 bits per heavy atom. The second-order valence-electron chi connectivity index (χ2n) is 10.4. The molecule has 7 rings (SSSR count). The Balaban J connectivity index is 1.50. The molecule has 1 unspecified atom stereocenters. The summed E-state index contributed by atoms with van der Waals surface area (Å²) in [5.41, 5.74) is 0. The van der Waals surface area contributed by atoms with Crippen LogP contribution in [0.3, 0.4) is 0 Å². The summed E-state index contributed by atoms with van der Waals surface area (Å²) in [6.45, 7) is 0. The van der Waals surface area contributed by atoms with Gasteiger partial charge in [0.25, 0.3) is 0 Å². The van der Waals surface area contributed by atoms with Gasteiger partial charge in [-0.15, -0.1) is 0 Å². The maximum atomic E-state index is 13.4. The number of rotatable bonds is 12. The van der Waals surface area contributed by atoms with Gasteiger partial charge in [-0.25, -0.2) is 0 Å². The average molecular weight is 712 g/mol. The fourth-order valence-corrected chi connectivity index (χ4v) is 13.6. The number of hydrogen-bond donors (Lipinski definition) is 1. The topological polar surface area (TPSA) is 94.5 Å². The van der Waals surface area contributed by atoms with E-state index in [1.165, 1.54) is 9.21 Å². The van der Waals surface area contributed by atoms with E-state index < -0.39 is 24.1 Å². The van der Waals surface area contributed by atoms with Crippen molar-refractivity contribution in [2.24, 2.45) is 4.52 Å². The van der Waals surface area contributed by atoms with Gasteiger partial charge in [0.05, 0.1) is 0 Å². The van der Waals surface area contributed by atoms with Crippen LogP contribution in [0, 0.1) is 0 Å². The van der Waals surface area contributed by atoms with Crippen LogP contribution >= 0.6 is 24.1 Å². The second kappa shape index (κ2) is 15.1. The molecule has 0 saturated carbocycles. The van der Waals surface area contributed by atoms with E-state index in [1.54, 1.807) is 84.9 Å². The van der Waals surface area contributed by atoms with Crippen molar-refractivity contribution in [1.29, 1.82) is 0 Å². The normalized spacial score (nSPS) is 17.4. The summed E-state index contributed by atoms with van der Waals surface area (Å²) in [7, 11) is -11.1. The monoisotopic (exact) mass is 711 g/mol. The first-order valence-corrected chi connectivity index (χ1v) is 19.7. The van der Waals surface area contributed by atoms with Gasteiger partial charge in [0, 0.05) is 0 Å². The van der Waals surface area contributed by atoms with Crippen molar-refractivity contribution >= 4 is 24.1 Å². The van der Waals surface area contributed by atoms with Gasteiger partial charge in [-0.1, -0.05) is 0 Å². The van der Waals surface area contributed by atoms with E-state index in [4.69, 9.17) is 32.3 Å². The van der Waals surface area contributed by atoms with Gasteiger partial charge in [0.2, 0.25) is 0 Å². The molecular formula is C36H32N3O7P3. The molecule has 248 valence electrons. The standard InChI is InChI=1S/C36H32N3O7P3/c40-49(46-36-29-17-6-18-30-36)38(41-31-19-7-1-8-20-31)47(43-33-23-11-3-12-24-33)37-48(44-34-25-13-4-14-26-34,45-35-27-15-5-16-28-35)39(49)42-32-21-9-2-10-22-32/h1-30,40,49H. The Morgan fingerprint density at radius 2 is 0.837 bits per heavy atom. The number of para-hydroxylation sites is 6. The summed E-state index contributed by atoms with van der Waals surface area (Å²) in [5, 5.41) is 0. The third-order valence-electron chi connectivity index (χ3n) is 6.81. The molecular weight excluding hydrogens is 679 g/mol. The van der Waals surface area contributed by atoms with Crippen molar-refractivity contribution < 1.29 is 32.7 Å². The molecule has 0 saturated heterocycles. The molecule has 0 bridgehead atoms. The fraction of sp³-hybridized carbons (Fsp3) is 0. The van der Waals surface area contributed by atoms with Crippen LogP contribution in [0.1, 0.15) is 0 Å². The van der Waals surface area contributed by atoms with Crippen LogP contribution in [0.5, 0.6) is 34.5 Å². The zero-order valence-corrected chi connectivity index (χ0v) is 28.7. The summed E-state index contributed by atoms with van der Waals surface area (Å²) in [6.07, 6.45) is 0. The van der Waals surface area contributed by atoms with Crippen LogP contribution in [0.15, 0.2) is 187 Å². The Hall–Kier alpha value is -4.91. The molecule has 1 N–H and O–H groups in total. The molecule has 49 heavy (non-hydrogen) atoms. The molecule has 0 amide bonds. The van der Waals surface area contributed by atoms with Gasteiger partial charge in [-0.05, 0) is 0 Å². The Morgan fingerprint density at radius 3 is 1.29 bits per heavy atom. The van der Waals surface area contributed by atoms with Crippen molar-refractivity contribution in [2.45, 2.75) is 0 Å². The third-order valence-corrected chi connectivity index (χ3v) is 15.1. The van der Waals surface area contributed by atoms with E-state index in [-0.39, 0.29) is 0 Å². The predicted octanol–water partition coefficient (Wildman–Crippen LogP) is 10.5. The molecule has 0 aromatic heterocycles. The van der Waals surface area contributed by atoms with E-state index in [0.29, 0.717) is 34.5 Å². The first-order valence-electron chi connectivity index (χ1n) is 15.3. The van der Waals surface area contributed by atoms with Gasteiger partial charge >= 0.3 is 287 Å². The van der Waals surface area contributed by atoms with Crippen molar-refractivity contribution in [3.05, 3.63) is 182 Å². The Labute approximate surface area is 286 Å².